The molecule has 1 heterocycles. The molecule has 0 saturated heterocycles. The Labute approximate surface area is 141 Å². The molecule has 24 heavy (non-hydrogen) atoms. The zero-order valence-corrected chi connectivity index (χ0v) is 14.4. The van der Waals surface area contributed by atoms with Gasteiger partial charge < -0.3 is 14.7 Å². The van der Waals surface area contributed by atoms with Gasteiger partial charge in [0.25, 0.3) is 0 Å². The molecule has 0 atom stereocenters. The van der Waals surface area contributed by atoms with Gasteiger partial charge in [-0.1, -0.05) is 17.3 Å². The number of rotatable bonds is 7. The molecular formula is C17H24FN5O. The van der Waals surface area contributed by atoms with E-state index in [1.807, 2.05) is 24.9 Å². The Bertz CT molecular complexity index is 671. The Kier molecular flexibility index (Phi) is 6.72. The normalized spacial score (nSPS) is 11.6. The smallest absolute Gasteiger partial charge is 0.226 e. The van der Waals surface area contributed by atoms with Gasteiger partial charge in [-0.3, -0.25) is 4.99 Å². The van der Waals surface area contributed by atoms with Gasteiger partial charge in [0.2, 0.25) is 5.89 Å². The molecule has 130 valence electrons. The quantitative estimate of drug-likeness (QED) is 0.479. The van der Waals surface area contributed by atoms with Gasteiger partial charge in [-0.15, -0.1) is 0 Å². The maximum atomic E-state index is 13.3. The summed E-state index contributed by atoms with van der Waals surface area (Å²) < 4.78 is 18.4. The van der Waals surface area contributed by atoms with E-state index in [0.29, 0.717) is 31.2 Å². The van der Waals surface area contributed by atoms with Crippen LogP contribution in [0.4, 0.5) is 4.39 Å². The highest BCUT2D eigenvalue weighted by Crippen LogP contribution is 2.07. The van der Waals surface area contributed by atoms with E-state index >= 15 is 0 Å². The van der Waals surface area contributed by atoms with Crippen molar-refractivity contribution in [3.05, 3.63) is 47.4 Å². The fourth-order valence-corrected chi connectivity index (χ4v) is 2.31. The topological polar surface area (TPSA) is 66.5 Å². The zero-order valence-electron chi connectivity index (χ0n) is 14.4. The maximum absolute atomic E-state index is 13.3. The molecule has 1 aromatic carbocycles. The van der Waals surface area contributed by atoms with E-state index in [9.17, 15) is 4.39 Å². The molecule has 0 saturated carbocycles. The van der Waals surface area contributed by atoms with E-state index in [1.165, 1.54) is 12.1 Å². The lowest BCUT2D eigenvalue weighted by molar-refractivity contribution is 0.372. The molecule has 0 radical (unpaired) electrons. The monoisotopic (exact) mass is 333 g/mol. The number of nitrogens with one attached hydrogen (secondary N) is 1. The van der Waals surface area contributed by atoms with Crippen LogP contribution in [0.25, 0.3) is 0 Å². The van der Waals surface area contributed by atoms with E-state index in [2.05, 4.69) is 20.4 Å². The van der Waals surface area contributed by atoms with Crippen molar-refractivity contribution in [1.82, 2.24) is 20.4 Å². The predicted octanol–water partition coefficient (Wildman–Crippen LogP) is 2.55. The molecule has 7 heteroatoms. The van der Waals surface area contributed by atoms with E-state index < -0.39 is 0 Å². The number of aliphatic imine (C=N–C) groups is 1. The Morgan fingerprint density at radius 3 is 2.92 bits per heavy atom. The second-order valence-corrected chi connectivity index (χ2v) is 5.56. The van der Waals surface area contributed by atoms with Crippen LogP contribution < -0.4 is 5.32 Å². The standard InChI is InChI=1S/C17H24FN5O/c1-4-19-17(20-10-6-9-16-21-13(2)22-24-16)23(3)12-14-7-5-8-15(18)11-14/h5,7-8,11H,4,6,9-10,12H2,1-3H3,(H,19,20). The van der Waals surface area contributed by atoms with E-state index in [1.54, 1.807) is 13.0 Å². The van der Waals surface area contributed by atoms with Crippen molar-refractivity contribution in [2.45, 2.75) is 33.2 Å². The molecule has 0 aliphatic heterocycles. The largest absolute Gasteiger partial charge is 0.357 e. The number of halogens is 1. The highest BCUT2D eigenvalue weighted by atomic mass is 19.1. The highest BCUT2D eigenvalue weighted by Gasteiger charge is 2.07. The van der Waals surface area contributed by atoms with Crippen molar-refractivity contribution in [2.24, 2.45) is 4.99 Å². The summed E-state index contributed by atoms with van der Waals surface area (Å²) in [6.07, 6.45) is 1.53. The first kappa shape index (κ1) is 17.9. The lowest BCUT2D eigenvalue weighted by Gasteiger charge is -2.22. The fourth-order valence-electron chi connectivity index (χ4n) is 2.31. The van der Waals surface area contributed by atoms with E-state index in [4.69, 9.17) is 4.52 Å². The number of benzene rings is 1. The average Bonchev–Trinajstić information content (AvgIpc) is 2.95. The number of aromatic nitrogens is 2. The number of hydrogen-bond acceptors (Lipinski definition) is 4. The van der Waals surface area contributed by atoms with Gasteiger partial charge in [-0.05, 0) is 38.0 Å². The Morgan fingerprint density at radius 1 is 1.42 bits per heavy atom. The van der Waals surface area contributed by atoms with Crippen LogP contribution in [-0.2, 0) is 13.0 Å². The van der Waals surface area contributed by atoms with Gasteiger partial charge in [-0.25, -0.2) is 4.39 Å². The van der Waals surface area contributed by atoms with Gasteiger partial charge in [0, 0.05) is 33.1 Å². The minimum absolute atomic E-state index is 0.224. The van der Waals surface area contributed by atoms with Crippen LogP contribution in [0.2, 0.25) is 0 Å². The maximum Gasteiger partial charge on any atom is 0.226 e. The fraction of sp³-hybridized carbons (Fsp3) is 0.471. The number of hydrogen-bond donors (Lipinski definition) is 1. The number of aryl methyl sites for hydroxylation is 2. The van der Waals surface area contributed by atoms with Crippen molar-refractivity contribution in [2.75, 3.05) is 20.1 Å². The van der Waals surface area contributed by atoms with Crippen LogP contribution in [0.15, 0.2) is 33.8 Å². The van der Waals surface area contributed by atoms with Crippen LogP contribution in [0.5, 0.6) is 0 Å². The lowest BCUT2D eigenvalue weighted by Crippen LogP contribution is -2.38. The average molecular weight is 333 g/mol. The van der Waals surface area contributed by atoms with Crippen molar-refractivity contribution < 1.29 is 8.91 Å². The molecule has 1 N–H and O–H groups in total. The summed E-state index contributed by atoms with van der Waals surface area (Å²) in [5.74, 6) is 1.86. The third kappa shape index (κ3) is 5.64. The van der Waals surface area contributed by atoms with Crippen molar-refractivity contribution in [3.63, 3.8) is 0 Å². The molecule has 6 nitrogen and oxygen atoms in total. The van der Waals surface area contributed by atoms with Crippen LogP contribution in [0, 0.1) is 12.7 Å². The summed E-state index contributed by atoms with van der Waals surface area (Å²) in [5, 5.41) is 7.02. The minimum Gasteiger partial charge on any atom is -0.357 e. The summed E-state index contributed by atoms with van der Waals surface area (Å²) in [4.78, 5) is 10.8. The first-order chi connectivity index (χ1) is 11.6. The van der Waals surface area contributed by atoms with Crippen LogP contribution in [0.1, 0.15) is 30.6 Å². The molecule has 0 spiro atoms. The summed E-state index contributed by atoms with van der Waals surface area (Å²) in [5.41, 5.74) is 0.907. The summed E-state index contributed by atoms with van der Waals surface area (Å²) >= 11 is 0. The second kappa shape index (κ2) is 9.00. The SMILES string of the molecule is CCNC(=NCCCc1nc(C)no1)N(C)Cc1cccc(F)c1. The van der Waals surface area contributed by atoms with E-state index in [0.717, 1.165) is 24.5 Å². The van der Waals surface area contributed by atoms with Gasteiger partial charge in [0.05, 0.1) is 0 Å². The molecule has 2 aromatic rings. The first-order valence-electron chi connectivity index (χ1n) is 8.11. The molecule has 0 aliphatic carbocycles. The number of guanidine groups is 1. The summed E-state index contributed by atoms with van der Waals surface area (Å²) in [6.45, 7) is 5.83. The molecule has 0 bridgehead atoms. The van der Waals surface area contributed by atoms with Crippen LogP contribution in [-0.4, -0.2) is 41.1 Å². The molecule has 0 aliphatic rings. The summed E-state index contributed by atoms with van der Waals surface area (Å²) in [6, 6.07) is 6.61. The predicted molar refractivity (Wildman–Crippen MR) is 91.2 cm³/mol. The van der Waals surface area contributed by atoms with Gasteiger partial charge in [-0.2, -0.15) is 4.98 Å². The third-order valence-electron chi connectivity index (χ3n) is 3.39. The van der Waals surface area contributed by atoms with Crippen molar-refractivity contribution in [3.8, 4) is 0 Å². The lowest BCUT2D eigenvalue weighted by atomic mass is 10.2. The Balaban J connectivity index is 1.88. The molecule has 0 unspecified atom stereocenters. The van der Waals surface area contributed by atoms with Crippen molar-refractivity contribution in [1.29, 1.82) is 0 Å². The number of nitrogens with zero attached hydrogens (tertiary/aromatic N) is 4. The van der Waals surface area contributed by atoms with Crippen LogP contribution in [0.3, 0.4) is 0 Å². The van der Waals surface area contributed by atoms with Crippen molar-refractivity contribution >= 4 is 5.96 Å². The summed E-state index contributed by atoms with van der Waals surface area (Å²) in [7, 11) is 1.94. The zero-order chi connectivity index (χ0) is 17.4. The molecule has 2 rings (SSSR count). The molecule has 0 amide bonds. The van der Waals surface area contributed by atoms with Gasteiger partial charge in [0.1, 0.15) is 5.82 Å². The molecule has 1 aromatic heterocycles. The Hall–Kier alpha value is -2.44. The Morgan fingerprint density at radius 2 is 2.25 bits per heavy atom. The highest BCUT2D eigenvalue weighted by molar-refractivity contribution is 5.79. The van der Waals surface area contributed by atoms with Gasteiger partial charge in [0.15, 0.2) is 11.8 Å². The molecule has 0 fully saturated rings. The van der Waals surface area contributed by atoms with Crippen LogP contribution >= 0.6 is 0 Å². The van der Waals surface area contributed by atoms with Gasteiger partial charge >= 0.3 is 0 Å². The van der Waals surface area contributed by atoms with E-state index in [-0.39, 0.29) is 5.82 Å². The molecular weight excluding hydrogens is 309 g/mol. The third-order valence-corrected chi connectivity index (χ3v) is 3.39. The first-order valence-corrected chi connectivity index (χ1v) is 8.11. The minimum atomic E-state index is -0.224. The second-order valence-electron chi connectivity index (χ2n) is 5.56.